The predicted molar refractivity (Wildman–Crippen MR) is 75.2 cm³/mol. The first-order valence-electron chi connectivity index (χ1n) is 6.21. The highest BCUT2D eigenvalue weighted by atomic mass is 15.5. The molecule has 0 aliphatic carbocycles. The maximum atomic E-state index is 5.89. The van der Waals surface area contributed by atoms with Gasteiger partial charge < -0.3 is 5.73 Å². The Morgan fingerprint density at radius 2 is 1.95 bits per heavy atom. The summed E-state index contributed by atoms with van der Waals surface area (Å²) < 4.78 is 3.41. The number of hydrogen-bond donors (Lipinski definition) is 1. The molecule has 7 heteroatoms. The molecule has 0 aliphatic rings. The van der Waals surface area contributed by atoms with E-state index in [0.717, 1.165) is 22.5 Å². The highest BCUT2D eigenvalue weighted by molar-refractivity contribution is 5.64. The normalized spacial score (nSPS) is 10.9. The van der Waals surface area contributed by atoms with Crippen LogP contribution in [0.5, 0.6) is 0 Å². The van der Waals surface area contributed by atoms with Crippen LogP contribution in [0.3, 0.4) is 0 Å². The van der Waals surface area contributed by atoms with E-state index >= 15 is 0 Å². The van der Waals surface area contributed by atoms with Crippen LogP contribution in [0.25, 0.3) is 17.1 Å². The highest BCUT2D eigenvalue weighted by Crippen LogP contribution is 2.23. The Morgan fingerprint density at radius 3 is 2.60 bits per heavy atom. The van der Waals surface area contributed by atoms with Crippen LogP contribution >= 0.6 is 0 Å². The van der Waals surface area contributed by atoms with Gasteiger partial charge in [0.15, 0.2) is 5.82 Å². The Morgan fingerprint density at radius 1 is 1.15 bits per heavy atom. The summed E-state index contributed by atoms with van der Waals surface area (Å²) in [7, 11) is 1.87. The minimum atomic E-state index is 0.650. The summed E-state index contributed by atoms with van der Waals surface area (Å²) in [6.07, 6.45) is 1.88. The topological polar surface area (TPSA) is 87.4 Å². The van der Waals surface area contributed by atoms with Crippen molar-refractivity contribution in [3.05, 3.63) is 35.7 Å². The molecule has 0 fully saturated rings. The third kappa shape index (κ3) is 2.03. The molecule has 2 heterocycles. The van der Waals surface area contributed by atoms with Gasteiger partial charge in [-0.3, -0.25) is 4.68 Å². The van der Waals surface area contributed by atoms with Crippen molar-refractivity contribution in [2.45, 2.75) is 13.8 Å². The number of hydrogen-bond acceptors (Lipinski definition) is 5. The molecule has 0 amide bonds. The summed E-state index contributed by atoms with van der Waals surface area (Å²) in [5.74, 6) is 0.650. The van der Waals surface area contributed by atoms with Gasteiger partial charge in [0, 0.05) is 18.3 Å². The van der Waals surface area contributed by atoms with Crippen molar-refractivity contribution in [1.29, 1.82) is 0 Å². The minimum Gasteiger partial charge on any atom is -0.399 e. The zero-order valence-corrected chi connectivity index (χ0v) is 11.6. The van der Waals surface area contributed by atoms with Gasteiger partial charge in [-0.15, -0.1) is 5.10 Å². The number of tetrazole rings is 1. The van der Waals surface area contributed by atoms with Crippen LogP contribution in [0.1, 0.15) is 11.3 Å². The standard InChI is InChI=1S/C13H15N7/c1-8-4-10(6-11(14)5-8)13-15-17-18-20(13)12-7-19(3)16-9(12)2/h4-7H,14H2,1-3H3. The Labute approximate surface area is 116 Å². The predicted octanol–water partition coefficient (Wildman–Crippen LogP) is 1.26. The number of benzene rings is 1. The molecule has 0 radical (unpaired) electrons. The summed E-state index contributed by atoms with van der Waals surface area (Å²) >= 11 is 0. The molecule has 3 aromatic rings. The monoisotopic (exact) mass is 269 g/mol. The van der Waals surface area contributed by atoms with Crippen molar-refractivity contribution < 1.29 is 0 Å². The van der Waals surface area contributed by atoms with E-state index in [4.69, 9.17) is 5.73 Å². The van der Waals surface area contributed by atoms with Gasteiger partial charge >= 0.3 is 0 Å². The largest absolute Gasteiger partial charge is 0.399 e. The molecule has 7 nitrogen and oxygen atoms in total. The van der Waals surface area contributed by atoms with E-state index in [9.17, 15) is 0 Å². The zero-order chi connectivity index (χ0) is 14.3. The summed E-state index contributed by atoms with van der Waals surface area (Å²) in [6.45, 7) is 3.91. The fourth-order valence-corrected chi connectivity index (χ4v) is 2.27. The van der Waals surface area contributed by atoms with Crippen LogP contribution in [0, 0.1) is 13.8 Å². The second kappa shape index (κ2) is 4.44. The van der Waals surface area contributed by atoms with Gasteiger partial charge in [0.2, 0.25) is 0 Å². The van der Waals surface area contributed by atoms with Gasteiger partial charge in [-0.2, -0.15) is 9.78 Å². The fourth-order valence-electron chi connectivity index (χ4n) is 2.27. The van der Waals surface area contributed by atoms with Gasteiger partial charge in [0.25, 0.3) is 0 Å². The van der Waals surface area contributed by atoms with Gasteiger partial charge in [-0.25, -0.2) is 0 Å². The van der Waals surface area contributed by atoms with Crippen LogP contribution in [0.2, 0.25) is 0 Å². The SMILES string of the molecule is Cc1cc(N)cc(-c2nnnn2-c2cn(C)nc2C)c1. The Balaban J connectivity index is 2.17. The number of rotatable bonds is 2. The molecule has 20 heavy (non-hydrogen) atoms. The van der Waals surface area contributed by atoms with E-state index in [0.29, 0.717) is 11.5 Å². The zero-order valence-electron chi connectivity index (χ0n) is 11.6. The lowest BCUT2D eigenvalue weighted by Crippen LogP contribution is -2.01. The molecule has 0 spiro atoms. The summed E-state index contributed by atoms with van der Waals surface area (Å²) in [6, 6.07) is 5.78. The van der Waals surface area contributed by atoms with Gasteiger partial charge in [0.05, 0.1) is 11.9 Å². The van der Waals surface area contributed by atoms with E-state index in [1.54, 1.807) is 9.36 Å². The van der Waals surface area contributed by atoms with Crippen molar-refractivity contribution in [3.8, 4) is 17.1 Å². The smallest absolute Gasteiger partial charge is 0.187 e. The van der Waals surface area contributed by atoms with E-state index in [-0.39, 0.29) is 0 Å². The maximum absolute atomic E-state index is 5.89. The Bertz CT molecular complexity index is 749. The van der Waals surface area contributed by atoms with Crippen molar-refractivity contribution >= 4 is 5.69 Å². The maximum Gasteiger partial charge on any atom is 0.187 e. The van der Waals surface area contributed by atoms with Crippen LogP contribution in [-0.4, -0.2) is 30.0 Å². The third-order valence-corrected chi connectivity index (χ3v) is 3.04. The molecule has 2 N–H and O–H groups in total. The van der Waals surface area contributed by atoms with Crippen molar-refractivity contribution in [2.24, 2.45) is 7.05 Å². The van der Waals surface area contributed by atoms with Crippen LogP contribution in [0.15, 0.2) is 24.4 Å². The van der Waals surface area contributed by atoms with E-state index in [2.05, 4.69) is 20.6 Å². The lowest BCUT2D eigenvalue weighted by atomic mass is 10.1. The first-order chi connectivity index (χ1) is 9.54. The number of nitrogens with two attached hydrogens (primary N) is 1. The summed E-state index contributed by atoms with van der Waals surface area (Å²) in [5, 5.41) is 16.2. The van der Waals surface area contributed by atoms with E-state index in [1.807, 2.05) is 45.3 Å². The molecule has 0 atom stereocenters. The highest BCUT2D eigenvalue weighted by Gasteiger charge is 2.15. The lowest BCUT2D eigenvalue weighted by Gasteiger charge is -2.05. The number of nitrogens with zero attached hydrogens (tertiary/aromatic N) is 6. The van der Waals surface area contributed by atoms with Crippen molar-refractivity contribution in [2.75, 3.05) is 5.73 Å². The lowest BCUT2D eigenvalue weighted by molar-refractivity contribution is 0.755. The molecular formula is C13H15N7. The first kappa shape index (κ1) is 12.3. The third-order valence-electron chi connectivity index (χ3n) is 3.04. The van der Waals surface area contributed by atoms with Gasteiger partial charge in [-0.05, 0) is 48.0 Å². The quantitative estimate of drug-likeness (QED) is 0.708. The van der Waals surface area contributed by atoms with Crippen molar-refractivity contribution in [3.63, 3.8) is 0 Å². The van der Waals surface area contributed by atoms with Crippen LogP contribution < -0.4 is 5.73 Å². The van der Waals surface area contributed by atoms with Crippen LogP contribution in [-0.2, 0) is 7.05 Å². The van der Waals surface area contributed by atoms with E-state index < -0.39 is 0 Å². The number of aryl methyl sites for hydroxylation is 3. The second-order valence-corrected chi connectivity index (χ2v) is 4.82. The first-order valence-corrected chi connectivity index (χ1v) is 6.21. The molecule has 0 aliphatic heterocycles. The summed E-state index contributed by atoms with van der Waals surface area (Å²) in [5.41, 5.74) is 10.3. The van der Waals surface area contributed by atoms with Gasteiger partial charge in [0.1, 0.15) is 5.69 Å². The molecule has 0 bridgehead atoms. The molecule has 0 saturated heterocycles. The average Bonchev–Trinajstić information content (AvgIpc) is 2.94. The average molecular weight is 269 g/mol. The molecule has 1 aromatic carbocycles. The Kier molecular flexibility index (Phi) is 2.74. The number of aromatic nitrogens is 6. The van der Waals surface area contributed by atoms with Gasteiger partial charge in [-0.1, -0.05) is 0 Å². The molecule has 0 unspecified atom stereocenters. The second-order valence-electron chi connectivity index (χ2n) is 4.82. The summed E-state index contributed by atoms with van der Waals surface area (Å²) in [4.78, 5) is 0. The molecule has 102 valence electrons. The minimum absolute atomic E-state index is 0.650. The fraction of sp³-hybridized carbons (Fsp3) is 0.231. The number of nitrogen functional groups attached to an aromatic ring is 1. The molecule has 3 rings (SSSR count). The molecule has 0 saturated carbocycles. The molecule has 2 aromatic heterocycles. The Hall–Kier alpha value is -2.70. The number of anilines is 1. The van der Waals surface area contributed by atoms with Crippen molar-refractivity contribution in [1.82, 2.24) is 30.0 Å². The molecular weight excluding hydrogens is 254 g/mol. The van der Waals surface area contributed by atoms with E-state index in [1.165, 1.54) is 0 Å². The van der Waals surface area contributed by atoms with Crippen LogP contribution in [0.4, 0.5) is 5.69 Å².